The van der Waals surface area contributed by atoms with Gasteiger partial charge in [0, 0.05) is 17.1 Å². The topological polar surface area (TPSA) is 70.7 Å². The number of H-pyrrole nitrogens is 2. The Morgan fingerprint density at radius 3 is 2.78 bits per heavy atom. The Hall–Kier alpha value is -2.56. The first-order valence-electron chi connectivity index (χ1n) is 5.59. The first-order chi connectivity index (χ1) is 8.78. The highest BCUT2D eigenvalue weighted by Gasteiger charge is 2.07. The van der Waals surface area contributed by atoms with Crippen molar-refractivity contribution in [3.05, 3.63) is 47.0 Å². The Kier molecular flexibility index (Phi) is 2.37. The van der Waals surface area contributed by atoms with Gasteiger partial charge in [-0.25, -0.2) is 4.79 Å². The van der Waals surface area contributed by atoms with E-state index in [0.29, 0.717) is 12.0 Å². The van der Waals surface area contributed by atoms with Gasteiger partial charge in [0.2, 0.25) is 0 Å². The van der Waals surface area contributed by atoms with Gasteiger partial charge in [-0.3, -0.25) is 4.57 Å². The van der Waals surface area contributed by atoms with E-state index in [1.807, 2.05) is 30.3 Å². The number of fused-ring (bicyclic) bond motifs is 1. The Labute approximate surface area is 102 Å². The van der Waals surface area contributed by atoms with Crippen LogP contribution < -0.4 is 5.69 Å². The number of benzene rings is 1. The van der Waals surface area contributed by atoms with Crippen LogP contribution >= 0.6 is 0 Å². The minimum Gasteiger partial charge on any atom is -0.353 e. The number of hydrogen-bond donors (Lipinski definition) is 2. The summed E-state index contributed by atoms with van der Waals surface area (Å²) in [6.07, 6.45) is 2.34. The molecule has 0 spiro atoms. The summed E-state index contributed by atoms with van der Waals surface area (Å²) in [6.45, 7) is 0.0650. The van der Waals surface area contributed by atoms with E-state index >= 15 is 0 Å². The third-order valence-electron chi connectivity index (χ3n) is 2.88. The average Bonchev–Trinajstić information content (AvgIpc) is 2.94. The molecule has 0 amide bonds. The predicted molar refractivity (Wildman–Crippen MR) is 68.4 cm³/mol. The fourth-order valence-corrected chi connectivity index (χ4v) is 2.01. The van der Waals surface area contributed by atoms with Gasteiger partial charge < -0.3 is 14.8 Å². The third-order valence-corrected chi connectivity index (χ3v) is 2.88. The maximum atomic E-state index is 11.6. The molecule has 0 fully saturated rings. The van der Waals surface area contributed by atoms with E-state index in [-0.39, 0.29) is 12.2 Å². The van der Waals surface area contributed by atoms with Gasteiger partial charge in [0.15, 0.2) is 0 Å². The zero-order valence-electron chi connectivity index (χ0n) is 9.51. The summed E-state index contributed by atoms with van der Waals surface area (Å²) in [7, 11) is 0. The molecule has 3 aromatic rings. The summed E-state index contributed by atoms with van der Waals surface area (Å²) in [4.78, 5) is 27.9. The van der Waals surface area contributed by atoms with Crippen molar-refractivity contribution < 1.29 is 4.79 Å². The van der Waals surface area contributed by atoms with Gasteiger partial charge in [0.05, 0.1) is 17.9 Å². The average molecular weight is 241 g/mol. The Bertz CT molecular complexity index is 731. The van der Waals surface area contributed by atoms with E-state index in [0.717, 1.165) is 16.6 Å². The molecule has 5 heteroatoms. The molecular formula is C13H11N3O2. The molecule has 0 atom stereocenters. The summed E-state index contributed by atoms with van der Waals surface area (Å²) in [5.74, 6) is 0. The van der Waals surface area contributed by atoms with Crippen LogP contribution in [-0.4, -0.2) is 20.8 Å². The van der Waals surface area contributed by atoms with E-state index in [1.165, 1.54) is 4.57 Å². The second-order valence-electron chi connectivity index (χ2n) is 4.06. The molecule has 2 aromatic heterocycles. The Morgan fingerprint density at radius 2 is 2.00 bits per heavy atom. The summed E-state index contributed by atoms with van der Waals surface area (Å²) in [5, 5.41) is 1.08. The molecule has 90 valence electrons. The normalized spacial score (nSPS) is 10.9. The fraction of sp³-hybridized carbons (Fsp3) is 0.0769. The van der Waals surface area contributed by atoms with Crippen LogP contribution in [0.3, 0.4) is 0 Å². The summed E-state index contributed by atoms with van der Waals surface area (Å²) in [5.41, 5.74) is 2.24. The van der Waals surface area contributed by atoms with Gasteiger partial charge >= 0.3 is 5.69 Å². The van der Waals surface area contributed by atoms with E-state index in [2.05, 4.69) is 9.97 Å². The van der Waals surface area contributed by atoms with Crippen LogP contribution in [-0.2, 0) is 11.3 Å². The van der Waals surface area contributed by atoms with Crippen LogP contribution in [0.1, 0.15) is 0 Å². The number of nitrogens with one attached hydrogen (secondary N) is 2. The number of carbonyl (C=O) groups excluding carboxylic acids is 1. The van der Waals surface area contributed by atoms with Crippen LogP contribution in [0.25, 0.3) is 22.3 Å². The maximum absolute atomic E-state index is 11.6. The van der Waals surface area contributed by atoms with E-state index in [4.69, 9.17) is 0 Å². The number of imidazole rings is 1. The molecule has 0 radical (unpaired) electrons. The molecule has 0 saturated carbocycles. The lowest BCUT2D eigenvalue weighted by molar-refractivity contribution is -0.108. The van der Waals surface area contributed by atoms with Gasteiger partial charge in [0.1, 0.15) is 6.29 Å². The molecule has 5 nitrogen and oxygen atoms in total. The van der Waals surface area contributed by atoms with Crippen molar-refractivity contribution in [3.63, 3.8) is 0 Å². The molecule has 3 rings (SSSR count). The third kappa shape index (κ3) is 1.66. The largest absolute Gasteiger partial charge is 0.353 e. The maximum Gasteiger partial charge on any atom is 0.326 e. The van der Waals surface area contributed by atoms with Crippen molar-refractivity contribution in [1.82, 2.24) is 14.5 Å². The number of aldehydes is 1. The SMILES string of the molecule is O=CCn1cc(-c2cc3ccccc3[nH]2)[nH]c1=O. The molecule has 0 saturated heterocycles. The van der Waals surface area contributed by atoms with Crippen molar-refractivity contribution in [1.29, 1.82) is 0 Å². The minimum absolute atomic E-state index is 0.0650. The molecule has 0 bridgehead atoms. The van der Waals surface area contributed by atoms with Crippen molar-refractivity contribution in [2.75, 3.05) is 0 Å². The predicted octanol–water partition coefficient (Wildman–Crippen LogP) is 1.52. The van der Waals surface area contributed by atoms with Crippen LogP contribution in [0.4, 0.5) is 0 Å². The van der Waals surface area contributed by atoms with Gasteiger partial charge in [-0.2, -0.15) is 0 Å². The number of para-hydroxylation sites is 1. The lowest BCUT2D eigenvalue weighted by Gasteiger charge is -1.90. The number of rotatable bonds is 3. The molecule has 0 aliphatic rings. The van der Waals surface area contributed by atoms with Crippen molar-refractivity contribution in [2.45, 2.75) is 6.54 Å². The molecule has 18 heavy (non-hydrogen) atoms. The molecule has 1 aromatic carbocycles. The van der Waals surface area contributed by atoms with Crippen molar-refractivity contribution in [2.24, 2.45) is 0 Å². The molecule has 2 heterocycles. The quantitative estimate of drug-likeness (QED) is 0.682. The number of aromatic nitrogens is 3. The zero-order chi connectivity index (χ0) is 12.5. The second kappa shape index (κ2) is 4.03. The second-order valence-corrected chi connectivity index (χ2v) is 4.06. The van der Waals surface area contributed by atoms with Crippen LogP contribution in [0.2, 0.25) is 0 Å². The van der Waals surface area contributed by atoms with Crippen molar-refractivity contribution in [3.8, 4) is 11.4 Å². The van der Waals surface area contributed by atoms with E-state index in [1.54, 1.807) is 6.20 Å². The first-order valence-corrected chi connectivity index (χ1v) is 5.59. The highest BCUT2D eigenvalue weighted by Crippen LogP contribution is 2.21. The van der Waals surface area contributed by atoms with Gasteiger partial charge in [-0.05, 0) is 12.1 Å². The Morgan fingerprint density at radius 1 is 1.17 bits per heavy atom. The summed E-state index contributed by atoms with van der Waals surface area (Å²) in [6, 6.07) is 9.84. The van der Waals surface area contributed by atoms with Gasteiger partial charge in [0.25, 0.3) is 0 Å². The number of hydrogen-bond acceptors (Lipinski definition) is 2. The molecule has 2 N–H and O–H groups in total. The summed E-state index contributed by atoms with van der Waals surface area (Å²) >= 11 is 0. The highest BCUT2D eigenvalue weighted by atomic mass is 16.1. The lowest BCUT2D eigenvalue weighted by atomic mass is 10.2. The molecule has 0 aliphatic carbocycles. The number of aromatic amines is 2. The monoisotopic (exact) mass is 241 g/mol. The van der Waals surface area contributed by atoms with E-state index in [9.17, 15) is 9.59 Å². The molecular weight excluding hydrogens is 230 g/mol. The van der Waals surface area contributed by atoms with Gasteiger partial charge in [-0.15, -0.1) is 0 Å². The minimum atomic E-state index is -0.282. The van der Waals surface area contributed by atoms with Crippen LogP contribution in [0.15, 0.2) is 41.3 Å². The zero-order valence-corrected chi connectivity index (χ0v) is 9.51. The van der Waals surface area contributed by atoms with Crippen LogP contribution in [0.5, 0.6) is 0 Å². The smallest absolute Gasteiger partial charge is 0.326 e. The standard InChI is InChI=1S/C13H11N3O2/c17-6-5-16-8-12(15-13(16)18)11-7-9-3-1-2-4-10(9)14-11/h1-4,6-8,14H,5H2,(H,15,18). The summed E-state index contributed by atoms with van der Waals surface area (Å²) < 4.78 is 1.34. The highest BCUT2D eigenvalue weighted by molar-refractivity contribution is 5.85. The Balaban J connectivity index is 2.11. The van der Waals surface area contributed by atoms with Crippen molar-refractivity contribution >= 4 is 17.2 Å². The fourth-order valence-electron chi connectivity index (χ4n) is 2.01. The number of nitrogens with zero attached hydrogens (tertiary/aromatic N) is 1. The number of carbonyl (C=O) groups is 1. The van der Waals surface area contributed by atoms with Gasteiger partial charge in [-0.1, -0.05) is 18.2 Å². The van der Waals surface area contributed by atoms with E-state index < -0.39 is 0 Å². The first kappa shape index (κ1) is 10.6. The molecule has 0 unspecified atom stereocenters. The van der Waals surface area contributed by atoms with Crippen LogP contribution in [0, 0.1) is 0 Å². The lowest BCUT2D eigenvalue weighted by Crippen LogP contribution is -2.16. The molecule has 0 aliphatic heterocycles.